The van der Waals surface area contributed by atoms with Gasteiger partial charge in [-0.25, -0.2) is 4.98 Å². The predicted octanol–water partition coefficient (Wildman–Crippen LogP) is 2.50. The molecule has 4 heteroatoms. The van der Waals surface area contributed by atoms with Crippen molar-refractivity contribution < 1.29 is 0 Å². The summed E-state index contributed by atoms with van der Waals surface area (Å²) in [6, 6.07) is 6.32. The summed E-state index contributed by atoms with van der Waals surface area (Å²) < 4.78 is 0. The van der Waals surface area contributed by atoms with Crippen molar-refractivity contribution in [2.45, 2.75) is 31.7 Å². The summed E-state index contributed by atoms with van der Waals surface area (Å²) in [6.45, 7) is 0. The minimum absolute atomic E-state index is 0.581. The highest BCUT2D eigenvalue weighted by atomic mass is 15.1. The summed E-state index contributed by atoms with van der Waals surface area (Å²) in [4.78, 5) is 7.76. The summed E-state index contributed by atoms with van der Waals surface area (Å²) in [5.41, 5.74) is 8.46. The van der Waals surface area contributed by atoms with Gasteiger partial charge in [-0.15, -0.1) is 0 Å². The molecule has 1 aromatic heterocycles. The number of nitrogens with one attached hydrogen (secondary N) is 2. The molecule has 0 atom stereocenters. The van der Waals surface area contributed by atoms with E-state index in [0.717, 1.165) is 22.7 Å². The molecule has 0 aliphatic heterocycles. The molecule has 16 heavy (non-hydrogen) atoms. The predicted molar refractivity (Wildman–Crippen MR) is 66.4 cm³/mol. The normalized spacial score (nSPS) is 17.0. The molecule has 2 aromatic rings. The van der Waals surface area contributed by atoms with E-state index in [-0.39, 0.29) is 0 Å². The van der Waals surface area contributed by atoms with Crippen molar-refractivity contribution in [2.75, 3.05) is 11.1 Å². The number of imidazole rings is 1. The summed E-state index contributed by atoms with van der Waals surface area (Å²) in [5.74, 6) is 0.868. The van der Waals surface area contributed by atoms with E-state index in [1.165, 1.54) is 25.7 Å². The average Bonchev–Trinajstić information content (AvgIpc) is 2.86. The number of aromatic nitrogens is 2. The molecule has 1 fully saturated rings. The van der Waals surface area contributed by atoms with Gasteiger partial charge in [0.1, 0.15) is 0 Å². The number of H-pyrrole nitrogens is 1. The van der Waals surface area contributed by atoms with Gasteiger partial charge in [-0.1, -0.05) is 12.8 Å². The van der Waals surface area contributed by atoms with Crippen molar-refractivity contribution in [3.8, 4) is 0 Å². The molecule has 0 spiro atoms. The first kappa shape index (κ1) is 9.51. The SMILES string of the molecule is Nc1ccc2nc(NC3CCCC3)[nH]c2c1. The molecule has 1 aliphatic carbocycles. The van der Waals surface area contributed by atoms with E-state index in [0.29, 0.717) is 6.04 Å². The number of hydrogen-bond donors (Lipinski definition) is 3. The monoisotopic (exact) mass is 216 g/mol. The van der Waals surface area contributed by atoms with Gasteiger partial charge in [-0.3, -0.25) is 0 Å². The van der Waals surface area contributed by atoms with Crippen LogP contribution in [0.15, 0.2) is 18.2 Å². The zero-order valence-electron chi connectivity index (χ0n) is 9.16. The number of nitrogen functional groups attached to an aromatic ring is 1. The highest BCUT2D eigenvalue weighted by Gasteiger charge is 2.15. The summed E-state index contributed by atoms with van der Waals surface area (Å²) in [5, 5.41) is 3.44. The summed E-state index contributed by atoms with van der Waals surface area (Å²) in [7, 11) is 0. The summed E-state index contributed by atoms with van der Waals surface area (Å²) >= 11 is 0. The van der Waals surface area contributed by atoms with Crippen LogP contribution in [0.1, 0.15) is 25.7 Å². The van der Waals surface area contributed by atoms with Crippen molar-refractivity contribution in [1.82, 2.24) is 9.97 Å². The van der Waals surface area contributed by atoms with E-state index in [1.54, 1.807) is 0 Å². The van der Waals surface area contributed by atoms with Gasteiger partial charge < -0.3 is 16.0 Å². The van der Waals surface area contributed by atoms with E-state index in [1.807, 2.05) is 18.2 Å². The number of aromatic amines is 1. The molecule has 0 saturated heterocycles. The van der Waals surface area contributed by atoms with Crippen LogP contribution in [0.2, 0.25) is 0 Å². The average molecular weight is 216 g/mol. The maximum absolute atomic E-state index is 5.73. The zero-order chi connectivity index (χ0) is 11.0. The van der Waals surface area contributed by atoms with Crippen LogP contribution < -0.4 is 11.1 Å². The van der Waals surface area contributed by atoms with Gasteiger partial charge in [-0.05, 0) is 31.0 Å². The largest absolute Gasteiger partial charge is 0.399 e. The molecular weight excluding hydrogens is 200 g/mol. The van der Waals surface area contributed by atoms with Crippen LogP contribution in [0.5, 0.6) is 0 Å². The van der Waals surface area contributed by atoms with Gasteiger partial charge in [-0.2, -0.15) is 0 Å². The van der Waals surface area contributed by atoms with Crippen LogP contribution in [0, 0.1) is 0 Å². The van der Waals surface area contributed by atoms with Gasteiger partial charge in [0, 0.05) is 11.7 Å². The van der Waals surface area contributed by atoms with Gasteiger partial charge in [0.2, 0.25) is 5.95 Å². The maximum Gasteiger partial charge on any atom is 0.201 e. The fraction of sp³-hybridized carbons (Fsp3) is 0.417. The van der Waals surface area contributed by atoms with Crippen molar-refractivity contribution >= 4 is 22.7 Å². The van der Waals surface area contributed by atoms with E-state index >= 15 is 0 Å². The van der Waals surface area contributed by atoms with Crippen LogP contribution in [0.4, 0.5) is 11.6 Å². The van der Waals surface area contributed by atoms with Crippen molar-refractivity contribution in [3.63, 3.8) is 0 Å². The van der Waals surface area contributed by atoms with E-state index in [9.17, 15) is 0 Å². The molecular formula is C12H16N4. The minimum Gasteiger partial charge on any atom is -0.399 e. The number of benzene rings is 1. The number of anilines is 2. The maximum atomic E-state index is 5.73. The quantitative estimate of drug-likeness (QED) is 0.676. The van der Waals surface area contributed by atoms with Crippen molar-refractivity contribution in [2.24, 2.45) is 0 Å². The molecule has 1 heterocycles. The second-order valence-corrected chi connectivity index (χ2v) is 4.49. The first-order valence-corrected chi connectivity index (χ1v) is 5.83. The third-order valence-electron chi connectivity index (χ3n) is 3.20. The molecule has 1 aromatic carbocycles. The van der Waals surface area contributed by atoms with Gasteiger partial charge >= 0.3 is 0 Å². The molecule has 84 valence electrons. The van der Waals surface area contributed by atoms with Crippen LogP contribution in [0.3, 0.4) is 0 Å². The summed E-state index contributed by atoms with van der Waals surface area (Å²) in [6.07, 6.45) is 5.15. The Bertz CT molecular complexity index is 497. The van der Waals surface area contributed by atoms with E-state index in [4.69, 9.17) is 5.73 Å². The lowest BCUT2D eigenvalue weighted by Gasteiger charge is -2.09. The minimum atomic E-state index is 0.581. The molecule has 4 nitrogen and oxygen atoms in total. The van der Waals surface area contributed by atoms with Crippen molar-refractivity contribution in [3.05, 3.63) is 18.2 Å². The smallest absolute Gasteiger partial charge is 0.201 e. The Morgan fingerprint density at radius 1 is 1.31 bits per heavy atom. The van der Waals surface area contributed by atoms with Gasteiger partial charge in [0.15, 0.2) is 0 Å². The number of nitrogens with two attached hydrogens (primary N) is 1. The second kappa shape index (κ2) is 3.70. The Morgan fingerprint density at radius 3 is 2.94 bits per heavy atom. The van der Waals surface area contributed by atoms with E-state index < -0.39 is 0 Å². The van der Waals surface area contributed by atoms with Gasteiger partial charge in [0.25, 0.3) is 0 Å². The lowest BCUT2D eigenvalue weighted by molar-refractivity contribution is 0.747. The van der Waals surface area contributed by atoms with Crippen LogP contribution >= 0.6 is 0 Å². The number of fused-ring (bicyclic) bond motifs is 1. The fourth-order valence-corrected chi connectivity index (χ4v) is 2.36. The highest BCUT2D eigenvalue weighted by molar-refractivity contribution is 5.80. The van der Waals surface area contributed by atoms with Gasteiger partial charge in [0.05, 0.1) is 11.0 Å². The van der Waals surface area contributed by atoms with Crippen LogP contribution in [0.25, 0.3) is 11.0 Å². The van der Waals surface area contributed by atoms with E-state index in [2.05, 4.69) is 15.3 Å². The Balaban J connectivity index is 1.86. The van der Waals surface area contributed by atoms with Crippen molar-refractivity contribution in [1.29, 1.82) is 0 Å². The lowest BCUT2D eigenvalue weighted by Crippen LogP contribution is -2.15. The third kappa shape index (κ3) is 1.71. The molecule has 1 aliphatic rings. The Morgan fingerprint density at radius 2 is 2.12 bits per heavy atom. The Hall–Kier alpha value is -1.71. The topological polar surface area (TPSA) is 66.7 Å². The standard InChI is InChI=1S/C12H16N4/c13-8-5-6-10-11(7-8)16-12(15-10)14-9-3-1-2-4-9/h5-7,9H,1-4,13H2,(H2,14,15,16). The Kier molecular flexibility index (Phi) is 2.20. The molecule has 0 radical (unpaired) electrons. The zero-order valence-corrected chi connectivity index (χ0v) is 9.16. The molecule has 4 N–H and O–H groups in total. The second-order valence-electron chi connectivity index (χ2n) is 4.49. The highest BCUT2D eigenvalue weighted by Crippen LogP contribution is 2.23. The first-order chi connectivity index (χ1) is 7.81. The Labute approximate surface area is 94.3 Å². The third-order valence-corrected chi connectivity index (χ3v) is 3.20. The number of nitrogens with zero attached hydrogens (tertiary/aromatic N) is 1. The lowest BCUT2D eigenvalue weighted by atomic mass is 10.3. The fourth-order valence-electron chi connectivity index (χ4n) is 2.36. The first-order valence-electron chi connectivity index (χ1n) is 5.83. The van der Waals surface area contributed by atoms with Crippen LogP contribution in [-0.2, 0) is 0 Å². The number of rotatable bonds is 2. The molecule has 0 bridgehead atoms. The number of hydrogen-bond acceptors (Lipinski definition) is 3. The van der Waals surface area contributed by atoms with Crippen LogP contribution in [-0.4, -0.2) is 16.0 Å². The molecule has 3 rings (SSSR count). The molecule has 1 saturated carbocycles. The molecule has 0 amide bonds. The molecule has 0 unspecified atom stereocenters.